The first kappa shape index (κ1) is 14.1. The van der Waals surface area contributed by atoms with Crippen LogP contribution >= 0.6 is 43.2 Å². The molecule has 1 aromatic carbocycles. The summed E-state index contributed by atoms with van der Waals surface area (Å²) in [6, 6.07) is 6.73. The fourth-order valence-electron chi connectivity index (χ4n) is 1.69. The van der Waals surface area contributed by atoms with E-state index in [1.54, 1.807) is 17.4 Å². The Morgan fingerprint density at radius 3 is 2.67 bits per heavy atom. The third kappa shape index (κ3) is 3.39. The van der Waals surface area contributed by atoms with Crippen LogP contribution in [0.15, 0.2) is 37.9 Å². The molecule has 2 aromatic rings. The number of nitrogens with two attached hydrogens (primary N) is 1. The fraction of sp³-hybridized carbons (Fsp3) is 0.167. The van der Waals surface area contributed by atoms with Gasteiger partial charge in [0.05, 0.1) is 9.83 Å². The van der Waals surface area contributed by atoms with Crippen molar-refractivity contribution in [1.82, 2.24) is 5.43 Å². The van der Waals surface area contributed by atoms with Gasteiger partial charge in [-0.1, -0.05) is 22.0 Å². The molecule has 0 saturated carbocycles. The summed E-state index contributed by atoms with van der Waals surface area (Å²) in [5.41, 5.74) is 4.92. The van der Waals surface area contributed by atoms with Crippen LogP contribution in [0.3, 0.4) is 0 Å². The predicted octanol–water partition coefficient (Wildman–Crippen LogP) is 4.16. The van der Waals surface area contributed by atoms with Crippen molar-refractivity contribution in [3.8, 4) is 0 Å². The molecule has 1 unspecified atom stereocenters. The summed E-state index contributed by atoms with van der Waals surface area (Å²) in [4.78, 5) is 0. The first-order valence-corrected chi connectivity index (χ1v) is 7.70. The number of hydrazine groups is 1. The quantitative estimate of drug-likeness (QED) is 0.604. The Bertz CT molecular complexity index is 545. The molecule has 0 fully saturated rings. The maximum atomic E-state index is 13.0. The van der Waals surface area contributed by atoms with Gasteiger partial charge in [-0.3, -0.25) is 11.3 Å². The van der Waals surface area contributed by atoms with Gasteiger partial charge in [-0.15, -0.1) is 11.3 Å². The highest BCUT2D eigenvalue weighted by molar-refractivity contribution is 9.11. The first-order chi connectivity index (χ1) is 8.60. The summed E-state index contributed by atoms with van der Waals surface area (Å²) in [5.74, 6) is 5.34. The summed E-state index contributed by atoms with van der Waals surface area (Å²) < 4.78 is 14.8. The molecule has 0 saturated heterocycles. The molecule has 0 amide bonds. The van der Waals surface area contributed by atoms with E-state index in [9.17, 15) is 4.39 Å². The molecule has 6 heteroatoms. The minimum atomic E-state index is -0.249. The lowest BCUT2D eigenvalue weighted by Crippen LogP contribution is -2.29. The highest BCUT2D eigenvalue weighted by Crippen LogP contribution is 2.29. The van der Waals surface area contributed by atoms with Gasteiger partial charge in [-0.05, 0) is 57.1 Å². The van der Waals surface area contributed by atoms with Crippen LogP contribution in [-0.2, 0) is 6.42 Å². The van der Waals surface area contributed by atoms with Crippen molar-refractivity contribution >= 4 is 43.2 Å². The van der Waals surface area contributed by atoms with Gasteiger partial charge in [-0.25, -0.2) is 4.39 Å². The molecule has 2 rings (SSSR count). The molecule has 0 aliphatic rings. The van der Waals surface area contributed by atoms with E-state index < -0.39 is 0 Å². The lowest BCUT2D eigenvalue weighted by Gasteiger charge is -2.15. The smallest absolute Gasteiger partial charge is 0.124 e. The number of halogens is 3. The van der Waals surface area contributed by atoms with Crippen LogP contribution in [-0.4, -0.2) is 0 Å². The molecule has 0 spiro atoms. The number of thiophene rings is 1. The Labute approximate surface area is 126 Å². The van der Waals surface area contributed by atoms with E-state index >= 15 is 0 Å². The molecule has 1 aromatic heterocycles. The number of rotatable bonds is 4. The SMILES string of the molecule is NNC(Cc1ccc(F)cc1Br)c1csc(Br)c1. The molecule has 1 atom stereocenters. The van der Waals surface area contributed by atoms with Crippen molar-refractivity contribution in [3.63, 3.8) is 0 Å². The topological polar surface area (TPSA) is 38.0 Å². The molecule has 0 bridgehead atoms. The lowest BCUT2D eigenvalue weighted by molar-refractivity contribution is 0.551. The van der Waals surface area contributed by atoms with E-state index in [0.717, 1.165) is 19.4 Å². The zero-order chi connectivity index (χ0) is 13.1. The van der Waals surface area contributed by atoms with Gasteiger partial charge >= 0.3 is 0 Å². The third-order valence-corrected chi connectivity index (χ3v) is 4.89. The normalized spacial score (nSPS) is 12.7. The van der Waals surface area contributed by atoms with Crippen molar-refractivity contribution < 1.29 is 4.39 Å². The zero-order valence-corrected chi connectivity index (χ0v) is 13.3. The van der Waals surface area contributed by atoms with Crippen LogP contribution in [0.4, 0.5) is 4.39 Å². The molecule has 96 valence electrons. The molecular formula is C12H11Br2FN2S. The summed E-state index contributed by atoms with van der Waals surface area (Å²) in [6.45, 7) is 0. The number of hydrogen-bond acceptors (Lipinski definition) is 3. The Hall–Kier alpha value is -0.270. The van der Waals surface area contributed by atoms with E-state index in [4.69, 9.17) is 5.84 Å². The Morgan fingerprint density at radius 1 is 1.33 bits per heavy atom. The second-order valence-corrected chi connectivity index (χ2v) is 6.99. The van der Waals surface area contributed by atoms with E-state index in [1.165, 1.54) is 12.1 Å². The summed E-state index contributed by atoms with van der Waals surface area (Å²) >= 11 is 8.41. The van der Waals surface area contributed by atoms with Crippen molar-refractivity contribution in [3.05, 3.63) is 54.8 Å². The maximum Gasteiger partial charge on any atom is 0.124 e. The molecule has 2 nitrogen and oxygen atoms in total. The molecule has 0 radical (unpaired) electrons. The summed E-state index contributed by atoms with van der Waals surface area (Å²) in [5, 5.41) is 2.05. The average Bonchev–Trinajstić information content (AvgIpc) is 2.75. The van der Waals surface area contributed by atoms with Crippen LogP contribution in [0, 0.1) is 5.82 Å². The number of benzene rings is 1. The van der Waals surface area contributed by atoms with Gasteiger partial charge < -0.3 is 0 Å². The van der Waals surface area contributed by atoms with E-state index in [0.29, 0.717) is 6.42 Å². The highest BCUT2D eigenvalue weighted by Gasteiger charge is 2.14. The van der Waals surface area contributed by atoms with Gasteiger partial charge in [0.2, 0.25) is 0 Å². The average molecular weight is 394 g/mol. The standard InChI is InChI=1S/C12H11Br2FN2S/c13-10-5-9(15)2-1-7(10)3-11(17-16)8-4-12(14)18-6-8/h1-2,4-6,11,17H,3,16H2. The zero-order valence-electron chi connectivity index (χ0n) is 9.29. The molecule has 1 heterocycles. The maximum absolute atomic E-state index is 13.0. The molecule has 18 heavy (non-hydrogen) atoms. The molecule has 0 aliphatic carbocycles. The molecule has 0 aliphatic heterocycles. The Balaban J connectivity index is 2.20. The van der Waals surface area contributed by atoms with Gasteiger partial charge in [0.1, 0.15) is 5.82 Å². The summed E-state index contributed by atoms with van der Waals surface area (Å²) in [7, 11) is 0. The number of nitrogens with one attached hydrogen (secondary N) is 1. The minimum absolute atomic E-state index is 0.00862. The van der Waals surface area contributed by atoms with E-state index in [1.807, 2.05) is 11.4 Å². The monoisotopic (exact) mass is 392 g/mol. The van der Waals surface area contributed by atoms with Crippen molar-refractivity contribution in [2.24, 2.45) is 5.84 Å². The first-order valence-electron chi connectivity index (χ1n) is 5.24. The van der Waals surface area contributed by atoms with Crippen LogP contribution in [0.2, 0.25) is 0 Å². The van der Waals surface area contributed by atoms with Crippen LogP contribution < -0.4 is 11.3 Å². The van der Waals surface area contributed by atoms with Gasteiger partial charge in [0.25, 0.3) is 0 Å². The third-order valence-electron chi connectivity index (χ3n) is 2.63. The van der Waals surface area contributed by atoms with Crippen molar-refractivity contribution in [2.75, 3.05) is 0 Å². The number of hydrogen-bond donors (Lipinski definition) is 2. The lowest BCUT2D eigenvalue weighted by atomic mass is 10.0. The van der Waals surface area contributed by atoms with Crippen molar-refractivity contribution in [1.29, 1.82) is 0 Å². The second-order valence-electron chi connectivity index (χ2n) is 3.84. The minimum Gasteiger partial charge on any atom is -0.271 e. The van der Waals surface area contributed by atoms with Crippen LogP contribution in [0.1, 0.15) is 17.2 Å². The van der Waals surface area contributed by atoms with Crippen molar-refractivity contribution in [2.45, 2.75) is 12.5 Å². The predicted molar refractivity (Wildman–Crippen MR) is 79.9 cm³/mol. The fourth-order valence-corrected chi connectivity index (χ4v) is 3.43. The van der Waals surface area contributed by atoms with Gasteiger partial charge in [0.15, 0.2) is 0 Å². The van der Waals surface area contributed by atoms with Crippen LogP contribution in [0.25, 0.3) is 0 Å². The Kier molecular flexibility index (Phi) is 4.91. The van der Waals surface area contributed by atoms with Crippen LogP contribution in [0.5, 0.6) is 0 Å². The van der Waals surface area contributed by atoms with E-state index in [-0.39, 0.29) is 11.9 Å². The van der Waals surface area contributed by atoms with Gasteiger partial charge in [-0.2, -0.15) is 0 Å². The van der Waals surface area contributed by atoms with Gasteiger partial charge in [0, 0.05) is 4.47 Å². The largest absolute Gasteiger partial charge is 0.271 e. The molecule has 3 N–H and O–H groups in total. The Morgan fingerprint density at radius 2 is 2.11 bits per heavy atom. The second kappa shape index (κ2) is 6.25. The summed E-state index contributed by atoms with van der Waals surface area (Å²) in [6.07, 6.45) is 0.695. The molecular weight excluding hydrogens is 383 g/mol. The highest BCUT2D eigenvalue weighted by atomic mass is 79.9. The van der Waals surface area contributed by atoms with E-state index in [2.05, 4.69) is 37.3 Å².